The van der Waals surface area contributed by atoms with E-state index in [0.717, 1.165) is 12.8 Å². The molecule has 4 N–H and O–H groups in total. The van der Waals surface area contributed by atoms with Crippen LogP contribution < -0.4 is 11.1 Å². The van der Waals surface area contributed by atoms with Crippen LogP contribution in [0.4, 0.5) is 0 Å². The molecule has 1 aliphatic rings. The van der Waals surface area contributed by atoms with Gasteiger partial charge in [-0.3, -0.25) is 9.59 Å². The predicted molar refractivity (Wildman–Crippen MR) is 75.2 cm³/mol. The molecule has 0 bridgehead atoms. The molecule has 1 saturated heterocycles. The number of likely N-dealkylation sites (tertiary alicyclic amines) is 1. The van der Waals surface area contributed by atoms with Crippen molar-refractivity contribution in [3.63, 3.8) is 0 Å². The first-order valence-electron chi connectivity index (χ1n) is 6.89. The van der Waals surface area contributed by atoms with Crippen molar-refractivity contribution in [3.05, 3.63) is 0 Å². The van der Waals surface area contributed by atoms with E-state index >= 15 is 0 Å². The van der Waals surface area contributed by atoms with Crippen LogP contribution in [0.15, 0.2) is 5.16 Å². The summed E-state index contributed by atoms with van der Waals surface area (Å²) in [6.07, 6.45) is 1.91. The lowest BCUT2D eigenvalue weighted by Gasteiger charge is -2.37. The van der Waals surface area contributed by atoms with Crippen LogP contribution in [0.5, 0.6) is 0 Å². The summed E-state index contributed by atoms with van der Waals surface area (Å²) in [5.74, 6) is -0.240. The zero-order valence-corrected chi connectivity index (χ0v) is 12.3. The molecule has 0 radical (unpaired) electrons. The Morgan fingerprint density at radius 1 is 1.45 bits per heavy atom. The summed E-state index contributed by atoms with van der Waals surface area (Å²) in [7, 11) is 0. The summed E-state index contributed by atoms with van der Waals surface area (Å²) in [5, 5.41) is 14.7. The Bertz CT molecular complexity index is 402. The zero-order chi connectivity index (χ0) is 15.3. The molecule has 0 aliphatic carbocycles. The van der Waals surface area contributed by atoms with Crippen molar-refractivity contribution in [1.29, 1.82) is 0 Å². The Kier molecular flexibility index (Phi) is 5.35. The van der Waals surface area contributed by atoms with Gasteiger partial charge in [0.2, 0.25) is 11.8 Å². The van der Waals surface area contributed by atoms with E-state index in [1.165, 1.54) is 6.92 Å². The summed E-state index contributed by atoms with van der Waals surface area (Å²) in [6.45, 7) is 6.14. The van der Waals surface area contributed by atoms with Gasteiger partial charge in [-0.05, 0) is 26.2 Å². The van der Waals surface area contributed by atoms with Gasteiger partial charge in [-0.1, -0.05) is 12.1 Å². The highest BCUT2D eigenvalue weighted by Crippen LogP contribution is 2.26. The van der Waals surface area contributed by atoms with Crippen LogP contribution in [0.2, 0.25) is 0 Å². The minimum absolute atomic E-state index is 0.0511. The lowest BCUT2D eigenvalue weighted by molar-refractivity contribution is -0.139. The molecule has 0 aromatic carbocycles. The number of nitrogens with one attached hydrogen (secondary N) is 1. The summed E-state index contributed by atoms with van der Waals surface area (Å²) in [5.41, 5.74) is 4.68. The van der Waals surface area contributed by atoms with E-state index in [2.05, 4.69) is 10.5 Å². The second-order valence-corrected chi connectivity index (χ2v) is 5.44. The van der Waals surface area contributed by atoms with Gasteiger partial charge in [-0.15, -0.1) is 0 Å². The predicted octanol–water partition coefficient (Wildman–Crippen LogP) is 0.276. The van der Waals surface area contributed by atoms with Crippen molar-refractivity contribution < 1.29 is 14.8 Å². The van der Waals surface area contributed by atoms with Gasteiger partial charge in [0, 0.05) is 26.1 Å². The average molecular weight is 284 g/mol. The number of rotatable bonds is 4. The quantitative estimate of drug-likeness (QED) is 0.298. The van der Waals surface area contributed by atoms with Crippen molar-refractivity contribution in [2.24, 2.45) is 16.3 Å². The molecule has 114 valence electrons. The molecule has 7 heteroatoms. The van der Waals surface area contributed by atoms with Gasteiger partial charge >= 0.3 is 0 Å². The fraction of sp³-hybridized carbons (Fsp3) is 0.769. The largest absolute Gasteiger partial charge is 0.409 e. The Hall–Kier alpha value is -1.79. The number of carbonyl (C=O) groups is 2. The van der Waals surface area contributed by atoms with Crippen molar-refractivity contribution in [1.82, 2.24) is 10.2 Å². The van der Waals surface area contributed by atoms with E-state index in [1.54, 1.807) is 11.8 Å². The molecular formula is C13H24N4O3. The molecule has 1 aliphatic heterocycles. The number of amides is 2. The minimum Gasteiger partial charge on any atom is -0.409 e. The second-order valence-electron chi connectivity index (χ2n) is 5.44. The number of carbonyl (C=O) groups excluding carboxylic acids is 2. The molecule has 0 aromatic rings. The molecule has 7 nitrogen and oxygen atoms in total. The van der Waals surface area contributed by atoms with E-state index < -0.39 is 5.41 Å². The van der Waals surface area contributed by atoms with Crippen LogP contribution in [0.25, 0.3) is 0 Å². The molecule has 1 fully saturated rings. The second kappa shape index (κ2) is 6.58. The summed E-state index contributed by atoms with van der Waals surface area (Å²) >= 11 is 0. The first kappa shape index (κ1) is 16.3. The summed E-state index contributed by atoms with van der Waals surface area (Å²) in [6, 6.07) is 0.119. The number of nitrogens with two attached hydrogens (primary N) is 1. The maximum atomic E-state index is 12.5. The molecule has 1 unspecified atom stereocenters. The van der Waals surface area contributed by atoms with Gasteiger partial charge in [0.05, 0.1) is 0 Å². The molecule has 0 spiro atoms. The standard InChI is InChI=1S/C13H24N4O3/c1-4-13(3,11(14)16-20)12(19)17-7-5-10(6-8-17)15-9(2)18/h10,20H,4-8H2,1-3H3,(H2,14,16)(H,15,18). The normalized spacial score (nSPS) is 20.4. The maximum absolute atomic E-state index is 12.5. The van der Waals surface area contributed by atoms with Crippen molar-refractivity contribution in [3.8, 4) is 0 Å². The van der Waals surface area contributed by atoms with Gasteiger partial charge < -0.3 is 21.2 Å². The van der Waals surface area contributed by atoms with Crippen LogP contribution in [0.1, 0.15) is 40.0 Å². The van der Waals surface area contributed by atoms with Crippen molar-refractivity contribution >= 4 is 17.6 Å². The summed E-state index contributed by atoms with van der Waals surface area (Å²) in [4.78, 5) is 25.3. The van der Waals surface area contributed by atoms with E-state index in [1.807, 2.05) is 6.92 Å². The van der Waals surface area contributed by atoms with E-state index in [-0.39, 0.29) is 23.7 Å². The number of piperidine rings is 1. The SMILES string of the molecule is CCC(C)(C(=O)N1CCC(NC(C)=O)CC1)C(N)=NO. The number of oxime groups is 1. The first-order chi connectivity index (χ1) is 9.35. The van der Waals surface area contributed by atoms with E-state index in [4.69, 9.17) is 10.9 Å². The lowest BCUT2D eigenvalue weighted by Crippen LogP contribution is -2.53. The molecule has 2 amide bonds. The lowest BCUT2D eigenvalue weighted by atomic mass is 9.84. The fourth-order valence-corrected chi connectivity index (χ4v) is 2.42. The molecule has 0 saturated carbocycles. The Morgan fingerprint density at radius 2 is 2.00 bits per heavy atom. The number of amidine groups is 1. The maximum Gasteiger partial charge on any atom is 0.236 e. The number of hydrogen-bond donors (Lipinski definition) is 3. The van der Waals surface area contributed by atoms with Crippen LogP contribution in [-0.2, 0) is 9.59 Å². The van der Waals surface area contributed by atoms with E-state index in [9.17, 15) is 9.59 Å². The highest BCUT2D eigenvalue weighted by Gasteiger charge is 2.40. The highest BCUT2D eigenvalue weighted by molar-refractivity contribution is 6.06. The Morgan fingerprint density at radius 3 is 2.40 bits per heavy atom. The fourth-order valence-electron chi connectivity index (χ4n) is 2.42. The van der Waals surface area contributed by atoms with Crippen LogP contribution in [-0.4, -0.2) is 46.9 Å². The van der Waals surface area contributed by atoms with Gasteiger partial charge in [0.25, 0.3) is 0 Å². The number of hydrogen-bond acceptors (Lipinski definition) is 4. The van der Waals surface area contributed by atoms with Gasteiger partial charge in [-0.25, -0.2) is 0 Å². The minimum atomic E-state index is -0.977. The molecular weight excluding hydrogens is 260 g/mol. The topological polar surface area (TPSA) is 108 Å². The van der Waals surface area contributed by atoms with Gasteiger partial charge in [-0.2, -0.15) is 0 Å². The molecule has 1 heterocycles. The van der Waals surface area contributed by atoms with Crippen LogP contribution >= 0.6 is 0 Å². The third-order valence-electron chi connectivity index (χ3n) is 4.04. The van der Waals surface area contributed by atoms with Gasteiger partial charge in [0.15, 0.2) is 5.84 Å². The molecule has 20 heavy (non-hydrogen) atoms. The third kappa shape index (κ3) is 3.40. The monoisotopic (exact) mass is 284 g/mol. The average Bonchev–Trinajstić information content (AvgIpc) is 2.45. The highest BCUT2D eigenvalue weighted by atomic mass is 16.4. The van der Waals surface area contributed by atoms with Gasteiger partial charge in [0.1, 0.15) is 5.41 Å². The summed E-state index contributed by atoms with van der Waals surface area (Å²) < 4.78 is 0. The van der Waals surface area contributed by atoms with Crippen molar-refractivity contribution in [2.75, 3.05) is 13.1 Å². The molecule has 1 rings (SSSR count). The number of nitrogens with zero attached hydrogens (tertiary/aromatic N) is 2. The molecule has 0 aromatic heterocycles. The Labute approximate surface area is 119 Å². The van der Waals surface area contributed by atoms with E-state index in [0.29, 0.717) is 19.5 Å². The zero-order valence-electron chi connectivity index (χ0n) is 12.3. The smallest absolute Gasteiger partial charge is 0.236 e. The Balaban J connectivity index is 2.68. The third-order valence-corrected chi connectivity index (χ3v) is 4.04. The van der Waals surface area contributed by atoms with Crippen LogP contribution in [0.3, 0.4) is 0 Å². The van der Waals surface area contributed by atoms with Crippen LogP contribution in [0, 0.1) is 5.41 Å². The first-order valence-corrected chi connectivity index (χ1v) is 6.89. The molecule has 1 atom stereocenters. The van der Waals surface area contributed by atoms with Crippen molar-refractivity contribution in [2.45, 2.75) is 46.1 Å².